The number of hydrogen-bond donors (Lipinski definition) is 1. The fraction of sp³-hybridized carbons (Fsp3) is 1.00. The van der Waals surface area contributed by atoms with Gasteiger partial charge in [-0.15, -0.1) is 0 Å². The molecule has 1 N–H and O–H groups in total. The summed E-state index contributed by atoms with van der Waals surface area (Å²) in [4.78, 5) is 0. The monoisotopic (exact) mass is 165 g/mol. The zero-order valence-corrected chi connectivity index (χ0v) is 6.33. The van der Waals surface area contributed by atoms with Crippen LogP contribution in [0.2, 0.25) is 0 Å². The third-order valence-electron chi connectivity index (χ3n) is 1.30. The Morgan fingerprint density at radius 2 is 1.56 bits per heavy atom. The predicted octanol–water partition coefficient (Wildman–Crippen LogP) is -0.122. The molecule has 0 amide bonds. The third-order valence-corrected chi connectivity index (χ3v) is 2.50. The maximum absolute atomic E-state index is 10.1. The van der Waals surface area contributed by atoms with Gasteiger partial charge in [0.25, 0.3) is 10.7 Å². The molecule has 1 fully saturated rings. The van der Waals surface area contributed by atoms with E-state index in [4.69, 9.17) is 0 Å². The Hall–Kier alpha value is -0.0000000000000000208. The molecule has 0 spiro atoms. The number of rotatable bonds is 2. The second-order valence-electron chi connectivity index (χ2n) is 1.91. The molecule has 0 aromatic carbocycles. The summed E-state index contributed by atoms with van der Waals surface area (Å²) >= 11 is 1.08. The molecule has 0 radical (unpaired) electrons. The zero-order chi connectivity index (χ0) is 6.69. The summed E-state index contributed by atoms with van der Waals surface area (Å²) in [6.07, 6.45) is 1.65. The maximum Gasteiger partial charge on any atom is 0.479 e. The molecule has 2 atom stereocenters. The van der Waals surface area contributed by atoms with Gasteiger partial charge in [0.1, 0.15) is 0 Å². The first kappa shape index (κ1) is 7.11. The van der Waals surface area contributed by atoms with E-state index in [0.29, 0.717) is 23.3 Å². The van der Waals surface area contributed by atoms with E-state index in [0.717, 1.165) is 12.8 Å². The molecule has 9 heavy (non-hydrogen) atoms. The second kappa shape index (κ2) is 3.24. The highest BCUT2D eigenvalue weighted by atomic mass is 32.1. The normalized spacial score (nSPS) is 34.2. The van der Waals surface area contributed by atoms with Crippen LogP contribution in [0.1, 0.15) is 12.8 Å². The van der Waals surface area contributed by atoms with Gasteiger partial charge in [0.05, 0.1) is 0 Å². The van der Waals surface area contributed by atoms with Crippen LogP contribution >= 0.6 is 0 Å². The summed E-state index contributed by atoms with van der Waals surface area (Å²) in [7, 11) is 0. The summed E-state index contributed by atoms with van der Waals surface area (Å²) in [5.41, 5.74) is 0. The smallest absolute Gasteiger partial charge is 0.202 e. The first-order valence-corrected chi connectivity index (χ1v) is 4.31. The van der Waals surface area contributed by atoms with Crippen LogP contribution < -0.4 is 5.32 Å². The van der Waals surface area contributed by atoms with Gasteiger partial charge in [0, 0.05) is 21.3 Å². The van der Waals surface area contributed by atoms with E-state index < -0.39 is 0 Å². The molecule has 5 heteroatoms. The lowest BCUT2D eigenvalue weighted by Gasteiger charge is -1.80. The summed E-state index contributed by atoms with van der Waals surface area (Å²) < 4.78 is 20.3. The van der Waals surface area contributed by atoms with E-state index in [9.17, 15) is 8.42 Å². The quantitative estimate of drug-likeness (QED) is 0.580. The fourth-order valence-electron chi connectivity index (χ4n) is 0.829. The van der Waals surface area contributed by atoms with Crippen molar-refractivity contribution in [2.24, 2.45) is 0 Å². The van der Waals surface area contributed by atoms with E-state index in [1.165, 1.54) is 0 Å². The van der Waals surface area contributed by atoms with E-state index in [-0.39, 0.29) is 10.7 Å². The first-order chi connectivity index (χ1) is 4.36. The minimum absolute atomic E-state index is 0.0311. The van der Waals surface area contributed by atoms with Crippen LogP contribution in [0.3, 0.4) is 0 Å². The van der Waals surface area contributed by atoms with Crippen molar-refractivity contribution in [3.63, 3.8) is 0 Å². The molecule has 0 bridgehead atoms. The zero-order valence-electron chi connectivity index (χ0n) is 4.70. The molecule has 3 nitrogen and oxygen atoms in total. The van der Waals surface area contributed by atoms with Gasteiger partial charge in [0.2, 0.25) is 0 Å². The van der Waals surface area contributed by atoms with Gasteiger partial charge >= 0.3 is 23.3 Å². The van der Waals surface area contributed by atoms with Crippen LogP contribution in [0.25, 0.3) is 0 Å². The molecular weight excluding hydrogens is 158 g/mol. The lowest BCUT2D eigenvalue weighted by Crippen LogP contribution is -2.27. The van der Waals surface area contributed by atoms with Gasteiger partial charge in [0.15, 0.2) is 0 Å². The van der Waals surface area contributed by atoms with Gasteiger partial charge in [-0.25, -0.2) is 5.32 Å². The Balaban J connectivity index is 2.36. The van der Waals surface area contributed by atoms with Gasteiger partial charge in [-0.3, -0.25) is 0 Å². The van der Waals surface area contributed by atoms with Crippen molar-refractivity contribution in [2.75, 3.05) is 0 Å². The molecule has 1 saturated heterocycles. The highest BCUT2D eigenvalue weighted by molar-refractivity contribution is 7.67. The van der Waals surface area contributed by atoms with E-state index in [1.807, 2.05) is 0 Å². The van der Waals surface area contributed by atoms with E-state index in [2.05, 4.69) is 5.32 Å². The average Bonchev–Trinajstić information content (AvgIpc) is 2.34. The Morgan fingerprint density at radius 3 is 1.78 bits per heavy atom. The van der Waals surface area contributed by atoms with Gasteiger partial charge in [-0.05, 0) is 0 Å². The Bertz CT molecular complexity index is 116. The highest BCUT2D eigenvalue weighted by Gasteiger charge is 2.39. The van der Waals surface area contributed by atoms with Crippen molar-refractivity contribution < 1.29 is 8.42 Å². The topological polar surface area (TPSA) is 46.2 Å². The van der Waals surface area contributed by atoms with Crippen LogP contribution in [0.5, 0.6) is 0 Å². The van der Waals surface area contributed by atoms with Crippen LogP contribution in [0, 0.1) is 0 Å². The van der Waals surface area contributed by atoms with Gasteiger partial charge in [-0.2, -0.15) is 0 Å². The van der Waals surface area contributed by atoms with Gasteiger partial charge < -0.3 is 0 Å². The average molecular weight is 165 g/mol. The minimum atomic E-state index is -0.0311. The van der Waals surface area contributed by atoms with Crippen LogP contribution in [-0.4, -0.2) is 10.7 Å². The summed E-state index contributed by atoms with van der Waals surface area (Å²) in [6, 6.07) is 0. The molecule has 2 unspecified atom stereocenters. The molecule has 1 aliphatic heterocycles. The SMILES string of the molecule is O=[S+]C1CCC([S+]=O)N1. The van der Waals surface area contributed by atoms with E-state index in [1.54, 1.807) is 0 Å². The lowest BCUT2D eigenvalue weighted by atomic mass is 10.4. The predicted molar refractivity (Wildman–Crippen MR) is 36.0 cm³/mol. The summed E-state index contributed by atoms with van der Waals surface area (Å²) in [5, 5.41) is 2.83. The molecule has 1 heterocycles. The van der Waals surface area contributed by atoms with Crippen molar-refractivity contribution in [1.82, 2.24) is 5.32 Å². The van der Waals surface area contributed by atoms with Crippen molar-refractivity contribution in [2.45, 2.75) is 23.6 Å². The second-order valence-corrected chi connectivity index (χ2v) is 3.44. The molecule has 0 saturated carbocycles. The van der Waals surface area contributed by atoms with Crippen molar-refractivity contribution in [1.29, 1.82) is 0 Å². The molecule has 0 aliphatic carbocycles. The maximum atomic E-state index is 10.1. The molecule has 0 aromatic rings. The van der Waals surface area contributed by atoms with Crippen molar-refractivity contribution in [3.05, 3.63) is 0 Å². The van der Waals surface area contributed by atoms with Crippen molar-refractivity contribution in [3.8, 4) is 0 Å². The first-order valence-electron chi connectivity index (χ1n) is 2.70. The Labute approximate surface area is 61.2 Å². The van der Waals surface area contributed by atoms with E-state index >= 15 is 0 Å². The Kier molecular flexibility index (Phi) is 2.56. The summed E-state index contributed by atoms with van der Waals surface area (Å²) in [6.45, 7) is 0. The molecule has 1 aliphatic rings. The van der Waals surface area contributed by atoms with Crippen LogP contribution in [0.4, 0.5) is 0 Å². The lowest BCUT2D eigenvalue weighted by molar-refractivity contribution is 0.586. The third kappa shape index (κ3) is 1.70. The number of hydrogen-bond acceptors (Lipinski definition) is 3. The Morgan fingerprint density at radius 1 is 1.11 bits per heavy atom. The van der Waals surface area contributed by atoms with Crippen molar-refractivity contribution >= 4 is 23.3 Å². The molecular formula is C4H7NO2S2+2. The van der Waals surface area contributed by atoms with Crippen LogP contribution in [-0.2, 0) is 31.8 Å². The minimum Gasteiger partial charge on any atom is -0.202 e. The van der Waals surface area contributed by atoms with Gasteiger partial charge in [-0.1, -0.05) is 0 Å². The fourth-order valence-corrected chi connectivity index (χ4v) is 1.82. The van der Waals surface area contributed by atoms with Crippen LogP contribution in [0.15, 0.2) is 0 Å². The highest BCUT2D eigenvalue weighted by Crippen LogP contribution is 2.10. The largest absolute Gasteiger partial charge is 0.479 e. The molecule has 1 rings (SSSR count). The summed E-state index contributed by atoms with van der Waals surface area (Å²) in [5.74, 6) is 0. The molecule has 0 aromatic heterocycles. The number of nitrogens with one attached hydrogen (secondary N) is 1. The standard InChI is InChI=1S/C4H7NO2S2/c6-8-3-1-2-4(5-3)9-7/h3-5H,1-2H2/q+2. The molecule has 50 valence electrons.